The summed E-state index contributed by atoms with van der Waals surface area (Å²) in [4.78, 5) is 12.2. The van der Waals surface area contributed by atoms with Crippen molar-refractivity contribution < 1.29 is 9.53 Å². The number of amides is 1. The van der Waals surface area contributed by atoms with Crippen LogP contribution in [0.2, 0.25) is 0 Å². The van der Waals surface area contributed by atoms with Gasteiger partial charge in [-0.05, 0) is 25.3 Å². The summed E-state index contributed by atoms with van der Waals surface area (Å²) in [5.74, 6) is -0.0216. The zero-order valence-corrected chi connectivity index (χ0v) is 14.4. The van der Waals surface area contributed by atoms with Gasteiger partial charge in [-0.15, -0.1) is 12.4 Å². The van der Waals surface area contributed by atoms with E-state index in [0.29, 0.717) is 13.1 Å². The Morgan fingerprint density at radius 1 is 1.41 bits per heavy atom. The van der Waals surface area contributed by atoms with E-state index in [1.54, 1.807) is 0 Å². The summed E-state index contributed by atoms with van der Waals surface area (Å²) in [6, 6.07) is 8.41. The highest BCUT2D eigenvalue weighted by Gasteiger charge is 2.31. The van der Waals surface area contributed by atoms with Gasteiger partial charge in [-0.25, -0.2) is 0 Å². The SMILES string of the molecule is Cc1cccc(C(C)(C)CNC(=O)[C@@H]2CC[C@H](CN)O2)c1.Cl. The molecule has 0 aromatic heterocycles. The Morgan fingerprint density at radius 3 is 2.73 bits per heavy atom. The van der Waals surface area contributed by atoms with Crippen molar-refractivity contribution in [1.29, 1.82) is 0 Å². The molecule has 0 radical (unpaired) electrons. The second kappa shape index (κ2) is 7.95. The fourth-order valence-electron chi connectivity index (χ4n) is 2.66. The van der Waals surface area contributed by atoms with Crippen LogP contribution in [0.1, 0.15) is 37.8 Å². The highest BCUT2D eigenvalue weighted by Crippen LogP contribution is 2.24. The molecule has 1 saturated heterocycles. The molecule has 1 heterocycles. The van der Waals surface area contributed by atoms with Gasteiger partial charge in [0, 0.05) is 18.5 Å². The topological polar surface area (TPSA) is 64.4 Å². The van der Waals surface area contributed by atoms with Gasteiger partial charge in [-0.1, -0.05) is 43.7 Å². The summed E-state index contributed by atoms with van der Waals surface area (Å²) in [6.45, 7) is 7.44. The number of nitrogens with two attached hydrogens (primary N) is 1. The van der Waals surface area contributed by atoms with Crippen LogP contribution in [0.5, 0.6) is 0 Å². The quantitative estimate of drug-likeness (QED) is 0.872. The van der Waals surface area contributed by atoms with Crippen LogP contribution in [-0.2, 0) is 14.9 Å². The zero-order valence-electron chi connectivity index (χ0n) is 13.6. The van der Waals surface area contributed by atoms with Crippen LogP contribution in [0.15, 0.2) is 24.3 Å². The molecule has 0 bridgehead atoms. The Labute approximate surface area is 139 Å². The van der Waals surface area contributed by atoms with Crippen LogP contribution in [0.3, 0.4) is 0 Å². The van der Waals surface area contributed by atoms with Crippen molar-refractivity contribution in [2.45, 2.75) is 51.2 Å². The van der Waals surface area contributed by atoms with Gasteiger partial charge < -0.3 is 15.8 Å². The minimum atomic E-state index is -0.341. The number of rotatable bonds is 5. The third-order valence-corrected chi connectivity index (χ3v) is 4.17. The Bertz CT molecular complexity index is 505. The summed E-state index contributed by atoms with van der Waals surface area (Å²) >= 11 is 0. The lowest BCUT2D eigenvalue weighted by molar-refractivity contribution is -0.132. The number of halogens is 1. The summed E-state index contributed by atoms with van der Waals surface area (Å²) in [6.07, 6.45) is 1.33. The molecule has 1 aromatic rings. The van der Waals surface area contributed by atoms with Crippen molar-refractivity contribution in [3.05, 3.63) is 35.4 Å². The van der Waals surface area contributed by atoms with Crippen LogP contribution < -0.4 is 11.1 Å². The van der Waals surface area contributed by atoms with E-state index in [9.17, 15) is 4.79 Å². The molecular weight excluding hydrogens is 300 g/mol. The first-order chi connectivity index (χ1) is 9.92. The summed E-state index contributed by atoms with van der Waals surface area (Å²) in [7, 11) is 0. The fraction of sp³-hybridized carbons (Fsp3) is 0.588. The van der Waals surface area contributed by atoms with Crippen LogP contribution in [0, 0.1) is 6.92 Å². The first-order valence-corrected chi connectivity index (χ1v) is 7.63. The summed E-state index contributed by atoms with van der Waals surface area (Å²) < 4.78 is 5.63. The minimum Gasteiger partial charge on any atom is -0.364 e. The smallest absolute Gasteiger partial charge is 0.249 e. The van der Waals surface area contributed by atoms with E-state index < -0.39 is 0 Å². The average molecular weight is 327 g/mol. The Kier molecular flexibility index (Phi) is 6.85. The lowest BCUT2D eigenvalue weighted by atomic mass is 9.84. The van der Waals surface area contributed by atoms with Crippen molar-refractivity contribution in [2.24, 2.45) is 5.73 Å². The lowest BCUT2D eigenvalue weighted by Gasteiger charge is -2.26. The summed E-state index contributed by atoms with van der Waals surface area (Å²) in [5.41, 5.74) is 7.93. The van der Waals surface area contributed by atoms with Crippen molar-refractivity contribution >= 4 is 18.3 Å². The van der Waals surface area contributed by atoms with Crippen LogP contribution in [-0.4, -0.2) is 31.2 Å². The van der Waals surface area contributed by atoms with Gasteiger partial charge in [0.2, 0.25) is 5.91 Å². The molecule has 1 fully saturated rings. The predicted octanol–water partition coefficient (Wildman–Crippen LogP) is 2.32. The second-order valence-corrected chi connectivity index (χ2v) is 6.53. The van der Waals surface area contributed by atoms with Gasteiger partial charge in [0.25, 0.3) is 0 Å². The van der Waals surface area contributed by atoms with Crippen LogP contribution >= 0.6 is 12.4 Å². The lowest BCUT2D eigenvalue weighted by Crippen LogP contribution is -2.42. The van der Waals surface area contributed by atoms with E-state index in [4.69, 9.17) is 10.5 Å². The number of carbonyl (C=O) groups excluding carboxylic acids is 1. The molecule has 1 aliphatic rings. The van der Waals surface area contributed by atoms with E-state index in [-0.39, 0.29) is 35.9 Å². The molecule has 3 N–H and O–H groups in total. The van der Waals surface area contributed by atoms with Gasteiger partial charge in [-0.3, -0.25) is 4.79 Å². The van der Waals surface area contributed by atoms with Gasteiger partial charge in [0.1, 0.15) is 6.10 Å². The Hall–Kier alpha value is -1.10. The van der Waals surface area contributed by atoms with Crippen molar-refractivity contribution in [3.63, 3.8) is 0 Å². The number of ether oxygens (including phenoxy) is 1. The molecule has 2 rings (SSSR count). The molecule has 0 unspecified atom stereocenters. The minimum absolute atomic E-state index is 0. The normalized spacial score (nSPS) is 21.3. The van der Waals surface area contributed by atoms with E-state index in [1.807, 2.05) is 0 Å². The standard InChI is InChI=1S/C17H26N2O2.ClH/c1-12-5-4-6-13(9-12)17(2,3)11-19-16(20)15-8-7-14(10-18)21-15;/h4-6,9,14-15H,7-8,10-11,18H2,1-3H3,(H,19,20);1H/t14-,15+;/m1./s1. The number of benzene rings is 1. The molecule has 1 aliphatic heterocycles. The van der Waals surface area contributed by atoms with Gasteiger partial charge in [0.15, 0.2) is 0 Å². The molecule has 5 heteroatoms. The maximum absolute atomic E-state index is 12.2. The third kappa shape index (κ3) is 4.70. The first kappa shape index (κ1) is 18.9. The van der Waals surface area contributed by atoms with Crippen LogP contribution in [0.25, 0.3) is 0 Å². The molecule has 0 spiro atoms. The average Bonchev–Trinajstić information content (AvgIpc) is 2.94. The zero-order chi connectivity index (χ0) is 15.5. The van der Waals surface area contributed by atoms with Crippen molar-refractivity contribution in [3.8, 4) is 0 Å². The van der Waals surface area contributed by atoms with Gasteiger partial charge in [-0.2, -0.15) is 0 Å². The monoisotopic (exact) mass is 326 g/mol. The highest BCUT2D eigenvalue weighted by atomic mass is 35.5. The van der Waals surface area contributed by atoms with Crippen LogP contribution in [0.4, 0.5) is 0 Å². The van der Waals surface area contributed by atoms with Crippen molar-refractivity contribution in [1.82, 2.24) is 5.32 Å². The predicted molar refractivity (Wildman–Crippen MR) is 91.4 cm³/mol. The third-order valence-electron chi connectivity index (χ3n) is 4.17. The van der Waals surface area contributed by atoms with E-state index in [0.717, 1.165) is 12.8 Å². The molecule has 0 saturated carbocycles. The fourth-order valence-corrected chi connectivity index (χ4v) is 2.66. The number of hydrogen-bond acceptors (Lipinski definition) is 3. The number of carbonyl (C=O) groups is 1. The molecule has 124 valence electrons. The molecule has 1 aromatic carbocycles. The highest BCUT2D eigenvalue weighted by molar-refractivity contribution is 5.85. The Morgan fingerprint density at radius 2 is 2.14 bits per heavy atom. The van der Waals surface area contributed by atoms with E-state index >= 15 is 0 Å². The number of nitrogens with one attached hydrogen (secondary N) is 1. The molecule has 4 nitrogen and oxygen atoms in total. The molecule has 0 aliphatic carbocycles. The molecule has 1 amide bonds. The second-order valence-electron chi connectivity index (χ2n) is 6.53. The van der Waals surface area contributed by atoms with Crippen molar-refractivity contribution in [2.75, 3.05) is 13.1 Å². The van der Waals surface area contributed by atoms with E-state index in [2.05, 4.69) is 50.4 Å². The Balaban J connectivity index is 0.00000242. The molecule has 2 atom stereocenters. The summed E-state index contributed by atoms with van der Waals surface area (Å²) in [5, 5.41) is 3.02. The maximum atomic E-state index is 12.2. The first-order valence-electron chi connectivity index (χ1n) is 7.63. The largest absolute Gasteiger partial charge is 0.364 e. The molecule has 22 heavy (non-hydrogen) atoms. The van der Waals surface area contributed by atoms with E-state index in [1.165, 1.54) is 11.1 Å². The van der Waals surface area contributed by atoms with Gasteiger partial charge in [0.05, 0.1) is 6.10 Å². The maximum Gasteiger partial charge on any atom is 0.249 e. The number of aryl methyl sites for hydroxylation is 1. The molecular formula is C17H27ClN2O2. The van der Waals surface area contributed by atoms with Gasteiger partial charge >= 0.3 is 0 Å². The number of hydrogen-bond donors (Lipinski definition) is 2.